The summed E-state index contributed by atoms with van der Waals surface area (Å²) in [6.07, 6.45) is 3.31. The first-order valence-corrected chi connectivity index (χ1v) is 10.5. The SMILES string of the molecule is O=C(C1CC1)N1CC[C@@H](Cc2n[nH]c(=O)n2-c2ccc(-c3ccc(O)cc3)cc2F)C1. The predicted molar refractivity (Wildman–Crippen MR) is 112 cm³/mol. The highest BCUT2D eigenvalue weighted by molar-refractivity contribution is 5.81. The van der Waals surface area contributed by atoms with Gasteiger partial charge in [0.15, 0.2) is 0 Å². The molecule has 1 aromatic heterocycles. The highest BCUT2D eigenvalue weighted by Crippen LogP contribution is 2.33. The maximum Gasteiger partial charge on any atom is 0.348 e. The van der Waals surface area contributed by atoms with Crippen LogP contribution < -0.4 is 5.69 Å². The lowest BCUT2D eigenvalue weighted by Gasteiger charge is -2.16. The molecule has 5 rings (SSSR count). The Labute approximate surface area is 178 Å². The van der Waals surface area contributed by atoms with E-state index in [1.807, 2.05) is 4.90 Å². The molecule has 1 atom stereocenters. The highest BCUT2D eigenvalue weighted by atomic mass is 19.1. The zero-order chi connectivity index (χ0) is 21.5. The molecule has 0 radical (unpaired) electrons. The van der Waals surface area contributed by atoms with Gasteiger partial charge in [0, 0.05) is 25.4 Å². The average Bonchev–Trinajstić information content (AvgIpc) is 3.41. The van der Waals surface area contributed by atoms with Crippen LogP contribution in [0.3, 0.4) is 0 Å². The van der Waals surface area contributed by atoms with Gasteiger partial charge in [-0.15, -0.1) is 0 Å². The van der Waals surface area contributed by atoms with Gasteiger partial charge in [0.05, 0.1) is 5.69 Å². The van der Waals surface area contributed by atoms with Gasteiger partial charge < -0.3 is 10.0 Å². The van der Waals surface area contributed by atoms with Gasteiger partial charge >= 0.3 is 5.69 Å². The number of benzene rings is 2. The molecule has 1 saturated carbocycles. The van der Waals surface area contributed by atoms with Gasteiger partial charge in [0.1, 0.15) is 17.4 Å². The third-order valence-electron chi connectivity index (χ3n) is 6.13. The molecular weight excluding hydrogens is 399 g/mol. The largest absolute Gasteiger partial charge is 0.508 e. The van der Waals surface area contributed by atoms with Gasteiger partial charge in [0.2, 0.25) is 5.91 Å². The fourth-order valence-corrected chi connectivity index (χ4v) is 4.28. The number of phenolic OH excluding ortho intramolecular Hbond substituents is 1. The van der Waals surface area contributed by atoms with Gasteiger partial charge in [0.25, 0.3) is 0 Å². The van der Waals surface area contributed by atoms with Crippen molar-refractivity contribution in [2.24, 2.45) is 11.8 Å². The van der Waals surface area contributed by atoms with E-state index in [1.165, 1.54) is 10.6 Å². The molecule has 0 spiro atoms. The number of phenols is 1. The Bertz CT molecular complexity index is 1180. The lowest BCUT2D eigenvalue weighted by Crippen LogP contribution is -2.30. The first-order chi connectivity index (χ1) is 15.0. The summed E-state index contributed by atoms with van der Waals surface area (Å²) in [5.74, 6) is 0.691. The maximum absolute atomic E-state index is 15.0. The van der Waals surface area contributed by atoms with Crippen molar-refractivity contribution in [1.29, 1.82) is 0 Å². The monoisotopic (exact) mass is 422 g/mol. The molecule has 0 unspecified atom stereocenters. The van der Waals surface area contributed by atoms with E-state index in [0.29, 0.717) is 24.4 Å². The van der Waals surface area contributed by atoms with Crippen LogP contribution in [0.1, 0.15) is 25.1 Å². The number of aromatic hydroxyl groups is 1. The van der Waals surface area contributed by atoms with Crippen molar-refractivity contribution in [3.8, 4) is 22.6 Å². The Morgan fingerprint density at radius 2 is 1.87 bits per heavy atom. The first kappa shape index (κ1) is 19.5. The highest BCUT2D eigenvalue weighted by Gasteiger charge is 2.37. The summed E-state index contributed by atoms with van der Waals surface area (Å²) in [4.78, 5) is 26.6. The van der Waals surface area contributed by atoms with Gasteiger partial charge in [-0.2, -0.15) is 5.10 Å². The number of carbonyl (C=O) groups is 1. The molecular formula is C23H23FN4O3. The third kappa shape index (κ3) is 3.85. The summed E-state index contributed by atoms with van der Waals surface area (Å²) in [7, 11) is 0. The summed E-state index contributed by atoms with van der Waals surface area (Å²) < 4.78 is 16.3. The number of hydrogen-bond donors (Lipinski definition) is 2. The molecule has 160 valence electrons. The summed E-state index contributed by atoms with van der Waals surface area (Å²) in [6, 6.07) is 11.2. The Hall–Kier alpha value is -3.42. The zero-order valence-electron chi connectivity index (χ0n) is 16.9. The number of carbonyl (C=O) groups excluding carboxylic acids is 1. The van der Waals surface area contributed by atoms with Gasteiger partial charge in [-0.3, -0.25) is 4.79 Å². The second kappa shape index (κ2) is 7.68. The number of likely N-dealkylation sites (tertiary alicyclic amines) is 1. The summed E-state index contributed by atoms with van der Waals surface area (Å²) in [6.45, 7) is 1.38. The van der Waals surface area contributed by atoms with Crippen LogP contribution in [-0.2, 0) is 11.2 Å². The van der Waals surface area contributed by atoms with Crippen molar-refractivity contribution in [2.45, 2.75) is 25.7 Å². The smallest absolute Gasteiger partial charge is 0.348 e. The van der Waals surface area contributed by atoms with Crippen molar-refractivity contribution >= 4 is 5.91 Å². The third-order valence-corrected chi connectivity index (χ3v) is 6.13. The fraction of sp³-hybridized carbons (Fsp3) is 0.348. The molecule has 31 heavy (non-hydrogen) atoms. The van der Waals surface area contributed by atoms with Crippen LogP contribution in [0.4, 0.5) is 4.39 Å². The van der Waals surface area contributed by atoms with E-state index < -0.39 is 11.5 Å². The van der Waals surface area contributed by atoms with E-state index in [-0.39, 0.29) is 29.2 Å². The quantitative estimate of drug-likeness (QED) is 0.662. The molecule has 0 bridgehead atoms. The molecule has 7 nitrogen and oxygen atoms in total. The zero-order valence-corrected chi connectivity index (χ0v) is 16.9. The minimum Gasteiger partial charge on any atom is -0.508 e. The average molecular weight is 422 g/mol. The standard InChI is InChI=1S/C23H23FN4O3/c24-19-12-17(15-3-6-18(29)7-4-15)5-8-20(19)28-21(25-26-23(28)31)11-14-9-10-27(13-14)22(30)16-1-2-16/h3-8,12,14,16,29H,1-2,9-11,13H2,(H,26,31)/t14-/m0/s1. The van der Waals surface area contributed by atoms with E-state index in [2.05, 4.69) is 10.2 Å². The maximum atomic E-state index is 15.0. The van der Waals surface area contributed by atoms with Crippen LogP contribution in [0, 0.1) is 17.7 Å². The molecule has 8 heteroatoms. The Balaban J connectivity index is 1.37. The molecule has 1 saturated heterocycles. The molecule has 2 aromatic carbocycles. The second-order valence-electron chi connectivity index (χ2n) is 8.41. The predicted octanol–water partition coefficient (Wildman–Crippen LogP) is 2.87. The minimum absolute atomic E-state index is 0.139. The van der Waals surface area contributed by atoms with Crippen molar-refractivity contribution in [3.63, 3.8) is 0 Å². The molecule has 2 aliphatic rings. The van der Waals surface area contributed by atoms with Crippen LogP contribution >= 0.6 is 0 Å². The van der Waals surface area contributed by atoms with Gasteiger partial charge in [-0.05, 0) is 60.6 Å². The number of H-pyrrole nitrogens is 1. The van der Waals surface area contributed by atoms with Crippen LogP contribution in [0.5, 0.6) is 5.75 Å². The van der Waals surface area contributed by atoms with Gasteiger partial charge in [-0.25, -0.2) is 18.9 Å². The second-order valence-corrected chi connectivity index (χ2v) is 8.41. The normalized spacial score (nSPS) is 18.5. The number of nitrogens with zero attached hydrogens (tertiary/aromatic N) is 3. The van der Waals surface area contributed by atoms with Crippen molar-refractivity contribution in [1.82, 2.24) is 19.7 Å². The number of aromatic nitrogens is 3. The number of hydrogen-bond acceptors (Lipinski definition) is 4. The van der Waals surface area contributed by atoms with E-state index in [4.69, 9.17) is 0 Å². The molecule has 1 aliphatic heterocycles. The van der Waals surface area contributed by atoms with Crippen molar-refractivity contribution < 1.29 is 14.3 Å². The molecule has 1 amide bonds. The van der Waals surface area contributed by atoms with Crippen LogP contribution in [0.2, 0.25) is 0 Å². The number of nitrogens with one attached hydrogen (secondary N) is 1. The van der Waals surface area contributed by atoms with Crippen LogP contribution in [-0.4, -0.2) is 43.8 Å². The Kier molecular flexibility index (Phi) is 4.84. The molecule has 2 fully saturated rings. The van der Waals surface area contributed by atoms with E-state index in [0.717, 1.165) is 31.4 Å². The lowest BCUT2D eigenvalue weighted by atomic mass is 10.0. The van der Waals surface area contributed by atoms with Crippen molar-refractivity contribution in [2.75, 3.05) is 13.1 Å². The van der Waals surface area contributed by atoms with Crippen molar-refractivity contribution in [3.05, 3.63) is 64.6 Å². The van der Waals surface area contributed by atoms with E-state index in [9.17, 15) is 14.7 Å². The lowest BCUT2D eigenvalue weighted by molar-refractivity contribution is -0.131. The molecule has 3 aromatic rings. The minimum atomic E-state index is -0.535. The number of halogens is 1. The van der Waals surface area contributed by atoms with Crippen LogP contribution in [0.25, 0.3) is 16.8 Å². The first-order valence-electron chi connectivity index (χ1n) is 10.5. The van der Waals surface area contributed by atoms with Gasteiger partial charge in [-0.1, -0.05) is 18.2 Å². The summed E-state index contributed by atoms with van der Waals surface area (Å²) >= 11 is 0. The molecule has 2 heterocycles. The number of aromatic amines is 1. The van der Waals surface area contributed by atoms with Crippen LogP contribution in [0.15, 0.2) is 47.3 Å². The fourth-order valence-electron chi connectivity index (χ4n) is 4.28. The van der Waals surface area contributed by atoms with E-state index in [1.54, 1.807) is 36.4 Å². The number of rotatable bonds is 5. The summed E-state index contributed by atoms with van der Waals surface area (Å²) in [5, 5.41) is 16.0. The summed E-state index contributed by atoms with van der Waals surface area (Å²) in [5.41, 5.74) is 1.05. The van der Waals surface area contributed by atoms with E-state index >= 15 is 4.39 Å². The Morgan fingerprint density at radius 1 is 1.13 bits per heavy atom. The molecule has 1 aliphatic carbocycles. The number of amides is 1. The molecule has 2 N–H and O–H groups in total. The Morgan fingerprint density at radius 3 is 2.58 bits per heavy atom. The topological polar surface area (TPSA) is 91.2 Å².